The predicted octanol–water partition coefficient (Wildman–Crippen LogP) is 4.71. The smallest absolute Gasteiger partial charge is 0.303 e. The summed E-state index contributed by atoms with van der Waals surface area (Å²) in [5.74, 6) is -0.727. The van der Waals surface area contributed by atoms with Gasteiger partial charge in [0, 0.05) is 24.7 Å². The first-order chi connectivity index (χ1) is 11.5. The van der Waals surface area contributed by atoms with E-state index in [1.165, 1.54) is 33.2 Å². The maximum atomic E-state index is 10.7. The van der Waals surface area contributed by atoms with Crippen molar-refractivity contribution < 1.29 is 9.90 Å². The molecule has 3 aromatic rings. The Hall–Kier alpha value is -2.55. The van der Waals surface area contributed by atoms with Crippen LogP contribution in [0.15, 0.2) is 48.7 Å². The Morgan fingerprint density at radius 3 is 2.54 bits per heavy atom. The number of benzene rings is 2. The molecule has 124 valence electrons. The van der Waals surface area contributed by atoms with Gasteiger partial charge in [-0.15, -0.1) is 0 Å². The third kappa shape index (κ3) is 3.51. The Bertz CT molecular complexity index is 856. The van der Waals surface area contributed by atoms with Gasteiger partial charge in [0.1, 0.15) is 0 Å². The van der Waals surface area contributed by atoms with Gasteiger partial charge < -0.3 is 9.67 Å². The molecule has 0 atom stereocenters. The van der Waals surface area contributed by atoms with Crippen LogP contribution in [0, 0.1) is 13.8 Å². The summed E-state index contributed by atoms with van der Waals surface area (Å²) >= 11 is 0. The van der Waals surface area contributed by atoms with E-state index in [4.69, 9.17) is 5.11 Å². The Morgan fingerprint density at radius 2 is 1.83 bits per heavy atom. The van der Waals surface area contributed by atoms with Crippen LogP contribution in [0.1, 0.15) is 35.1 Å². The van der Waals surface area contributed by atoms with E-state index in [-0.39, 0.29) is 6.42 Å². The summed E-state index contributed by atoms with van der Waals surface area (Å²) in [7, 11) is 0. The molecule has 0 aliphatic rings. The first-order valence-electron chi connectivity index (χ1n) is 8.39. The highest BCUT2D eigenvalue weighted by atomic mass is 16.4. The maximum absolute atomic E-state index is 10.7. The molecular weight excluding hydrogens is 298 g/mol. The summed E-state index contributed by atoms with van der Waals surface area (Å²) in [6.07, 6.45) is 3.84. The molecule has 1 aromatic heterocycles. The lowest BCUT2D eigenvalue weighted by molar-refractivity contribution is -0.137. The third-order valence-corrected chi connectivity index (χ3v) is 4.67. The van der Waals surface area contributed by atoms with Gasteiger partial charge in [-0.2, -0.15) is 0 Å². The molecule has 3 nitrogen and oxygen atoms in total. The number of carboxylic acids is 1. The van der Waals surface area contributed by atoms with E-state index in [1.807, 2.05) is 0 Å². The van der Waals surface area contributed by atoms with E-state index in [2.05, 4.69) is 67.1 Å². The quantitative estimate of drug-likeness (QED) is 0.714. The van der Waals surface area contributed by atoms with Crippen molar-refractivity contribution >= 4 is 16.9 Å². The molecule has 0 radical (unpaired) electrons. The number of hydrogen-bond donors (Lipinski definition) is 1. The van der Waals surface area contributed by atoms with Crippen molar-refractivity contribution in [2.75, 3.05) is 0 Å². The zero-order valence-electron chi connectivity index (χ0n) is 14.2. The van der Waals surface area contributed by atoms with Crippen LogP contribution in [0.25, 0.3) is 10.9 Å². The van der Waals surface area contributed by atoms with Gasteiger partial charge in [-0.1, -0.05) is 30.3 Å². The lowest BCUT2D eigenvalue weighted by Gasteiger charge is -2.12. The van der Waals surface area contributed by atoms with Crippen LogP contribution in [0.2, 0.25) is 0 Å². The normalized spacial score (nSPS) is 11.1. The minimum Gasteiger partial charge on any atom is -0.481 e. The summed E-state index contributed by atoms with van der Waals surface area (Å²) in [5, 5.41) is 10.0. The van der Waals surface area contributed by atoms with Gasteiger partial charge in [-0.05, 0) is 66.5 Å². The predicted molar refractivity (Wildman–Crippen MR) is 97.5 cm³/mol. The molecule has 0 bridgehead atoms. The molecule has 0 amide bonds. The van der Waals surface area contributed by atoms with Gasteiger partial charge in [0.15, 0.2) is 0 Å². The minimum atomic E-state index is -0.727. The van der Waals surface area contributed by atoms with Crippen molar-refractivity contribution in [3.8, 4) is 0 Å². The highest BCUT2D eigenvalue weighted by molar-refractivity contribution is 5.81. The molecule has 0 aliphatic carbocycles. The number of carbonyl (C=O) groups is 1. The molecule has 2 aromatic carbocycles. The van der Waals surface area contributed by atoms with Crippen molar-refractivity contribution in [2.24, 2.45) is 0 Å². The van der Waals surface area contributed by atoms with Crippen LogP contribution in [-0.2, 0) is 17.8 Å². The van der Waals surface area contributed by atoms with E-state index >= 15 is 0 Å². The Kier molecular flexibility index (Phi) is 4.70. The van der Waals surface area contributed by atoms with Crippen LogP contribution in [0.3, 0.4) is 0 Å². The minimum absolute atomic E-state index is 0.224. The summed E-state index contributed by atoms with van der Waals surface area (Å²) in [4.78, 5) is 10.7. The summed E-state index contributed by atoms with van der Waals surface area (Å²) in [6.45, 7) is 5.18. The lowest BCUT2D eigenvalue weighted by atomic mass is 10.0. The molecule has 1 N–H and O–H groups in total. The SMILES string of the molecule is Cc1cccc(C)c1Cn1ccc2ccc(CCCC(=O)O)cc21. The van der Waals surface area contributed by atoms with E-state index < -0.39 is 5.97 Å². The fourth-order valence-corrected chi connectivity index (χ4v) is 3.24. The van der Waals surface area contributed by atoms with Gasteiger partial charge >= 0.3 is 5.97 Å². The second kappa shape index (κ2) is 6.91. The molecule has 0 saturated heterocycles. The van der Waals surface area contributed by atoms with E-state index in [0.29, 0.717) is 6.42 Å². The van der Waals surface area contributed by atoms with Crippen LogP contribution >= 0.6 is 0 Å². The number of fused-ring (bicyclic) bond motifs is 1. The topological polar surface area (TPSA) is 42.2 Å². The van der Waals surface area contributed by atoms with Crippen LogP contribution < -0.4 is 0 Å². The molecule has 24 heavy (non-hydrogen) atoms. The fraction of sp³-hybridized carbons (Fsp3) is 0.286. The zero-order valence-corrected chi connectivity index (χ0v) is 14.2. The van der Waals surface area contributed by atoms with Crippen molar-refractivity contribution in [2.45, 2.75) is 39.7 Å². The summed E-state index contributed by atoms with van der Waals surface area (Å²) in [5.41, 5.74) is 6.41. The van der Waals surface area contributed by atoms with Crippen molar-refractivity contribution in [1.82, 2.24) is 4.57 Å². The molecule has 0 spiro atoms. The number of nitrogens with zero attached hydrogens (tertiary/aromatic N) is 1. The Morgan fingerprint density at radius 1 is 1.08 bits per heavy atom. The molecule has 3 heteroatoms. The lowest BCUT2D eigenvalue weighted by Crippen LogP contribution is -2.02. The van der Waals surface area contributed by atoms with Crippen LogP contribution in [0.4, 0.5) is 0 Å². The highest BCUT2D eigenvalue weighted by Gasteiger charge is 2.07. The number of rotatable bonds is 6. The van der Waals surface area contributed by atoms with E-state index in [0.717, 1.165) is 13.0 Å². The average molecular weight is 321 g/mol. The van der Waals surface area contributed by atoms with Gasteiger partial charge in [0.05, 0.1) is 0 Å². The number of aliphatic carboxylic acids is 1. The third-order valence-electron chi connectivity index (χ3n) is 4.67. The van der Waals surface area contributed by atoms with E-state index in [9.17, 15) is 4.79 Å². The molecular formula is C21H23NO2. The second-order valence-electron chi connectivity index (χ2n) is 6.45. The fourth-order valence-electron chi connectivity index (χ4n) is 3.24. The molecule has 0 fully saturated rings. The number of aryl methyl sites for hydroxylation is 3. The van der Waals surface area contributed by atoms with Crippen molar-refractivity contribution in [3.63, 3.8) is 0 Å². The Labute approximate surface area is 142 Å². The Balaban J connectivity index is 1.87. The zero-order chi connectivity index (χ0) is 17.1. The summed E-state index contributed by atoms with van der Waals surface area (Å²) in [6, 6.07) is 15.0. The van der Waals surface area contributed by atoms with E-state index in [1.54, 1.807) is 0 Å². The number of carboxylic acid groups (broad SMARTS) is 1. The number of hydrogen-bond acceptors (Lipinski definition) is 1. The highest BCUT2D eigenvalue weighted by Crippen LogP contribution is 2.22. The largest absolute Gasteiger partial charge is 0.481 e. The molecule has 0 saturated carbocycles. The molecule has 0 unspecified atom stereocenters. The summed E-state index contributed by atoms with van der Waals surface area (Å²) < 4.78 is 2.28. The standard InChI is InChI=1S/C21H23NO2/c1-15-5-3-6-16(2)19(15)14-22-12-11-18-10-9-17(13-20(18)22)7-4-8-21(23)24/h3,5-6,9-13H,4,7-8,14H2,1-2H3,(H,23,24). The first kappa shape index (κ1) is 16.3. The molecule has 1 heterocycles. The molecule has 3 rings (SSSR count). The average Bonchev–Trinajstić information content (AvgIpc) is 2.93. The van der Waals surface area contributed by atoms with Crippen molar-refractivity contribution in [3.05, 3.63) is 70.9 Å². The van der Waals surface area contributed by atoms with Crippen molar-refractivity contribution in [1.29, 1.82) is 0 Å². The van der Waals surface area contributed by atoms with Gasteiger partial charge in [0.2, 0.25) is 0 Å². The van der Waals surface area contributed by atoms with Gasteiger partial charge in [-0.25, -0.2) is 0 Å². The molecule has 0 aliphatic heterocycles. The van der Waals surface area contributed by atoms with Gasteiger partial charge in [-0.3, -0.25) is 4.79 Å². The van der Waals surface area contributed by atoms with Crippen LogP contribution in [0.5, 0.6) is 0 Å². The number of aromatic nitrogens is 1. The van der Waals surface area contributed by atoms with Crippen LogP contribution in [-0.4, -0.2) is 15.6 Å². The maximum Gasteiger partial charge on any atom is 0.303 e. The monoisotopic (exact) mass is 321 g/mol. The van der Waals surface area contributed by atoms with Gasteiger partial charge in [0.25, 0.3) is 0 Å². The first-order valence-corrected chi connectivity index (χ1v) is 8.39. The second-order valence-corrected chi connectivity index (χ2v) is 6.45.